The molecule has 0 saturated carbocycles. The number of hydrogen-bond donors (Lipinski definition) is 4. The Labute approximate surface area is 129 Å². The monoisotopic (exact) mass is 298 g/mol. The highest BCUT2D eigenvalue weighted by Gasteiger charge is 2.13. The number of pyridine rings is 1. The summed E-state index contributed by atoms with van der Waals surface area (Å²) in [6.45, 7) is 3.61. The molecule has 0 aliphatic heterocycles. The Morgan fingerprint density at radius 3 is 1.91 bits per heavy atom. The van der Waals surface area contributed by atoms with Crippen LogP contribution in [0.2, 0.25) is 0 Å². The average molecular weight is 298 g/mol. The van der Waals surface area contributed by atoms with Crippen molar-refractivity contribution in [2.45, 2.75) is 13.8 Å². The quantitative estimate of drug-likeness (QED) is 0.507. The summed E-state index contributed by atoms with van der Waals surface area (Å²) in [6.07, 6.45) is 0. The van der Waals surface area contributed by atoms with Gasteiger partial charge in [-0.3, -0.25) is 4.98 Å². The first-order chi connectivity index (χ1) is 10.3. The van der Waals surface area contributed by atoms with E-state index in [-0.39, 0.29) is 0 Å². The third-order valence-corrected chi connectivity index (χ3v) is 2.88. The van der Waals surface area contributed by atoms with Crippen LogP contribution in [0.3, 0.4) is 0 Å². The molecule has 1 aromatic heterocycles. The molecule has 0 aliphatic carbocycles. The van der Waals surface area contributed by atoms with E-state index >= 15 is 0 Å². The number of aryl methyl sites for hydroxylation is 2. The van der Waals surface area contributed by atoms with Crippen molar-refractivity contribution in [1.29, 1.82) is 5.26 Å². The first kappa shape index (κ1) is 17.9. The molecular formula is C14H16B2N2O4. The van der Waals surface area contributed by atoms with Gasteiger partial charge < -0.3 is 20.1 Å². The minimum atomic E-state index is -1.46. The van der Waals surface area contributed by atoms with E-state index in [0.717, 1.165) is 5.69 Å². The van der Waals surface area contributed by atoms with Crippen molar-refractivity contribution in [2.24, 2.45) is 0 Å². The molecule has 1 heterocycles. The van der Waals surface area contributed by atoms with E-state index < -0.39 is 14.2 Å². The predicted octanol–water partition coefficient (Wildman–Crippen LogP) is -1.38. The zero-order valence-electron chi connectivity index (χ0n) is 12.3. The van der Waals surface area contributed by atoms with Crippen LogP contribution in [0.15, 0.2) is 36.4 Å². The summed E-state index contributed by atoms with van der Waals surface area (Å²) in [6, 6.07) is 11.4. The van der Waals surface area contributed by atoms with Crippen LogP contribution >= 0.6 is 0 Å². The lowest BCUT2D eigenvalue weighted by Gasteiger charge is -2.03. The van der Waals surface area contributed by atoms with Crippen molar-refractivity contribution >= 4 is 25.2 Å². The molecule has 22 heavy (non-hydrogen) atoms. The van der Waals surface area contributed by atoms with Crippen LogP contribution in [0.4, 0.5) is 0 Å². The highest BCUT2D eigenvalue weighted by atomic mass is 16.4. The third kappa shape index (κ3) is 5.31. The lowest BCUT2D eigenvalue weighted by Crippen LogP contribution is -2.32. The molecule has 0 bridgehead atoms. The van der Waals surface area contributed by atoms with E-state index in [1.807, 2.05) is 13.0 Å². The SMILES string of the molecule is Cc1ccc(B(O)O)c(C)n1.N#Cc1ccc(B(O)O)cc1. The third-order valence-electron chi connectivity index (χ3n) is 2.88. The fourth-order valence-corrected chi connectivity index (χ4v) is 1.70. The number of nitriles is 1. The Morgan fingerprint density at radius 1 is 0.909 bits per heavy atom. The van der Waals surface area contributed by atoms with Crippen LogP contribution in [-0.4, -0.2) is 39.3 Å². The summed E-state index contributed by atoms with van der Waals surface area (Å²) >= 11 is 0. The van der Waals surface area contributed by atoms with Gasteiger partial charge in [0.15, 0.2) is 0 Å². The maximum atomic E-state index is 8.81. The number of benzene rings is 1. The summed E-state index contributed by atoms with van der Waals surface area (Å²) in [4.78, 5) is 4.07. The van der Waals surface area contributed by atoms with Gasteiger partial charge in [-0.25, -0.2) is 0 Å². The zero-order chi connectivity index (χ0) is 16.7. The van der Waals surface area contributed by atoms with Crippen LogP contribution in [-0.2, 0) is 0 Å². The molecule has 2 aromatic rings. The van der Waals surface area contributed by atoms with E-state index in [1.54, 1.807) is 19.1 Å². The van der Waals surface area contributed by atoms with Crippen LogP contribution < -0.4 is 10.9 Å². The Hall–Kier alpha value is -2.17. The Kier molecular flexibility index (Phi) is 6.76. The van der Waals surface area contributed by atoms with Gasteiger partial charge in [-0.2, -0.15) is 5.26 Å². The molecule has 2 rings (SSSR count). The number of aromatic nitrogens is 1. The lowest BCUT2D eigenvalue weighted by molar-refractivity contribution is 0.424. The summed E-state index contributed by atoms with van der Waals surface area (Å²) in [5.74, 6) is 0. The van der Waals surface area contributed by atoms with E-state index in [1.165, 1.54) is 24.3 Å². The Morgan fingerprint density at radius 2 is 1.50 bits per heavy atom. The zero-order valence-corrected chi connectivity index (χ0v) is 12.3. The maximum Gasteiger partial charge on any atom is 0.490 e. The highest BCUT2D eigenvalue weighted by Crippen LogP contribution is 1.94. The second-order valence-corrected chi connectivity index (χ2v) is 4.61. The molecule has 6 nitrogen and oxygen atoms in total. The van der Waals surface area contributed by atoms with Crippen molar-refractivity contribution < 1.29 is 20.1 Å². The Bertz CT molecular complexity index is 655. The van der Waals surface area contributed by atoms with Crippen molar-refractivity contribution in [1.82, 2.24) is 4.98 Å². The summed E-state index contributed by atoms with van der Waals surface area (Å²) in [7, 11) is -2.87. The fourth-order valence-electron chi connectivity index (χ4n) is 1.70. The van der Waals surface area contributed by atoms with Gasteiger partial charge in [0.2, 0.25) is 0 Å². The molecule has 0 spiro atoms. The molecule has 0 fully saturated rings. The topological polar surface area (TPSA) is 118 Å². The Balaban J connectivity index is 0.000000220. The summed E-state index contributed by atoms with van der Waals surface area (Å²) < 4.78 is 0. The number of rotatable bonds is 2. The standard InChI is InChI=1S/C7H10BNO2.C7H6BNO2/c1-5-3-4-7(8(10)11)6(2)9-5;9-5-6-1-3-7(4-2-6)8(10)11/h3-4,10-11H,1-2H3;1-4,10-11H. The molecular weight excluding hydrogens is 282 g/mol. The molecule has 0 saturated heterocycles. The van der Waals surface area contributed by atoms with Crippen molar-refractivity contribution in [3.63, 3.8) is 0 Å². The molecule has 112 valence electrons. The van der Waals surface area contributed by atoms with Crippen LogP contribution in [0.5, 0.6) is 0 Å². The van der Waals surface area contributed by atoms with Gasteiger partial charge in [-0.15, -0.1) is 0 Å². The van der Waals surface area contributed by atoms with E-state index in [9.17, 15) is 0 Å². The second kappa shape index (κ2) is 8.32. The molecule has 4 N–H and O–H groups in total. The molecule has 0 radical (unpaired) electrons. The fraction of sp³-hybridized carbons (Fsp3) is 0.143. The van der Waals surface area contributed by atoms with E-state index in [4.69, 9.17) is 25.4 Å². The highest BCUT2D eigenvalue weighted by molar-refractivity contribution is 6.59. The van der Waals surface area contributed by atoms with Crippen molar-refractivity contribution in [2.75, 3.05) is 0 Å². The molecule has 1 aromatic carbocycles. The van der Waals surface area contributed by atoms with Gasteiger partial charge in [-0.1, -0.05) is 18.2 Å². The first-order valence-electron chi connectivity index (χ1n) is 6.51. The van der Waals surface area contributed by atoms with Gasteiger partial charge >= 0.3 is 14.2 Å². The molecule has 0 aliphatic rings. The van der Waals surface area contributed by atoms with Crippen LogP contribution in [0.1, 0.15) is 17.0 Å². The molecule has 0 unspecified atom stereocenters. The maximum absolute atomic E-state index is 8.81. The number of hydrogen-bond acceptors (Lipinski definition) is 6. The molecule has 8 heteroatoms. The van der Waals surface area contributed by atoms with Gasteiger partial charge in [0.1, 0.15) is 0 Å². The molecule has 0 amide bonds. The lowest BCUT2D eigenvalue weighted by atomic mass is 9.79. The van der Waals surface area contributed by atoms with Crippen molar-refractivity contribution in [3.8, 4) is 6.07 Å². The largest absolute Gasteiger partial charge is 0.490 e. The van der Waals surface area contributed by atoms with E-state index in [0.29, 0.717) is 22.2 Å². The summed E-state index contributed by atoms with van der Waals surface area (Å²) in [5.41, 5.74) is 2.92. The summed E-state index contributed by atoms with van der Waals surface area (Å²) in [5, 5.41) is 43.3. The van der Waals surface area contributed by atoms with Crippen LogP contribution in [0.25, 0.3) is 0 Å². The van der Waals surface area contributed by atoms with Gasteiger partial charge in [0, 0.05) is 16.9 Å². The molecule has 0 atom stereocenters. The van der Waals surface area contributed by atoms with Gasteiger partial charge in [0.25, 0.3) is 0 Å². The smallest absolute Gasteiger partial charge is 0.423 e. The number of nitrogens with zero attached hydrogens (tertiary/aromatic N) is 2. The van der Waals surface area contributed by atoms with Gasteiger partial charge in [-0.05, 0) is 37.5 Å². The first-order valence-corrected chi connectivity index (χ1v) is 6.51. The minimum absolute atomic E-state index is 0.393. The second-order valence-electron chi connectivity index (χ2n) is 4.61. The minimum Gasteiger partial charge on any atom is -0.423 e. The van der Waals surface area contributed by atoms with Gasteiger partial charge in [0.05, 0.1) is 11.6 Å². The van der Waals surface area contributed by atoms with Crippen molar-refractivity contribution in [3.05, 3.63) is 53.3 Å². The normalized spacial score (nSPS) is 9.32. The predicted molar refractivity (Wildman–Crippen MR) is 84.5 cm³/mol. The van der Waals surface area contributed by atoms with Crippen LogP contribution in [0, 0.1) is 25.2 Å². The average Bonchev–Trinajstić information content (AvgIpc) is 2.47. The van der Waals surface area contributed by atoms with E-state index in [2.05, 4.69) is 4.98 Å².